The van der Waals surface area contributed by atoms with Crippen LogP contribution in [-0.4, -0.2) is 4.98 Å². The molecule has 1 nitrogen and oxygen atoms in total. The van der Waals surface area contributed by atoms with Crippen molar-refractivity contribution in [1.82, 2.24) is 4.98 Å². The first kappa shape index (κ1) is 27.0. The number of aromatic nitrogens is 1. The van der Waals surface area contributed by atoms with E-state index < -0.39 is 0 Å². The number of fused-ring (bicyclic) bond motifs is 9. The molecule has 0 saturated heterocycles. The second-order valence-corrected chi connectivity index (χ2v) is 14.3. The molecule has 1 aliphatic carbocycles. The van der Waals surface area contributed by atoms with E-state index in [-0.39, 0.29) is 5.41 Å². The first-order chi connectivity index (χ1) is 24.0. The Morgan fingerprint density at radius 3 is 1.65 bits per heavy atom. The van der Waals surface area contributed by atoms with Crippen LogP contribution < -0.4 is 0 Å². The molecule has 0 fully saturated rings. The highest BCUT2D eigenvalue weighted by molar-refractivity contribution is 6.27. The van der Waals surface area contributed by atoms with Gasteiger partial charge < -0.3 is 0 Å². The van der Waals surface area contributed by atoms with Crippen molar-refractivity contribution >= 4 is 64.6 Å². The molecule has 0 unspecified atom stereocenters. The zero-order valence-corrected chi connectivity index (χ0v) is 27.4. The lowest BCUT2D eigenvalue weighted by molar-refractivity contribution is 0.660. The standard InChI is InChI=1S/C48H31N/c1-48(2)43-26-41-38-13-6-4-11-36(38)35-10-3-5-12-37(35)40(41)25-42(43)47-44(48)24-33(27-49-47)28-14-16-29(17-15-28)34-22-20-32-19-18-30-8-7-9-31-21-23-39(34)46(32)45(30)31/h3-27H,1-2H3. The minimum atomic E-state index is -0.170. The molecule has 0 saturated carbocycles. The number of pyridine rings is 1. The maximum atomic E-state index is 5.19. The fraction of sp³-hybridized carbons (Fsp3) is 0.0625. The highest BCUT2D eigenvalue weighted by Gasteiger charge is 2.37. The Bertz CT molecular complexity index is 2980. The SMILES string of the molecule is CC1(C)c2cc3c4ccccc4c4ccccc4c3cc2-c2ncc(-c3ccc(-c4ccc5ccc6cccc7ccc4c5c67)cc3)cc21. The zero-order chi connectivity index (χ0) is 32.4. The summed E-state index contributed by atoms with van der Waals surface area (Å²) in [5, 5.41) is 15.7. The molecule has 0 bridgehead atoms. The molecule has 49 heavy (non-hydrogen) atoms. The van der Waals surface area contributed by atoms with Gasteiger partial charge in [-0.05, 0) is 111 Å². The monoisotopic (exact) mass is 621 g/mol. The maximum Gasteiger partial charge on any atom is 0.0746 e. The van der Waals surface area contributed by atoms with Gasteiger partial charge in [0.25, 0.3) is 0 Å². The molecule has 1 heteroatoms. The van der Waals surface area contributed by atoms with Gasteiger partial charge in [-0.1, -0.05) is 141 Å². The summed E-state index contributed by atoms with van der Waals surface area (Å²) < 4.78 is 0. The summed E-state index contributed by atoms with van der Waals surface area (Å²) in [6.45, 7) is 4.71. The molecule has 10 aromatic rings. The van der Waals surface area contributed by atoms with E-state index in [4.69, 9.17) is 4.98 Å². The topological polar surface area (TPSA) is 12.9 Å². The molecule has 0 radical (unpaired) electrons. The average molecular weight is 622 g/mol. The lowest BCUT2D eigenvalue weighted by atomic mass is 9.80. The summed E-state index contributed by atoms with van der Waals surface area (Å²) in [5.74, 6) is 0. The Morgan fingerprint density at radius 2 is 0.959 bits per heavy atom. The van der Waals surface area contributed by atoms with Gasteiger partial charge in [-0.2, -0.15) is 0 Å². The van der Waals surface area contributed by atoms with Gasteiger partial charge in [0.2, 0.25) is 0 Å². The predicted octanol–water partition coefficient (Wildman–Crippen LogP) is 13.1. The quantitative estimate of drug-likeness (QED) is 0.175. The van der Waals surface area contributed by atoms with Crippen molar-refractivity contribution in [2.75, 3.05) is 0 Å². The van der Waals surface area contributed by atoms with E-state index in [1.165, 1.54) is 98.0 Å². The molecule has 1 heterocycles. The molecule has 0 amide bonds. The van der Waals surface area contributed by atoms with Crippen molar-refractivity contribution in [3.05, 3.63) is 163 Å². The first-order valence-electron chi connectivity index (χ1n) is 17.2. The molecule has 0 atom stereocenters. The summed E-state index contributed by atoms with van der Waals surface area (Å²) in [6, 6.07) is 54.2. The van der Waals surface area contributed by atoms with Crippen LogP contribution in [0.4, 0.5) is 0 Å². The molecule has 0 N–H and O–H groups in total. The van der Waals surface area contributed by atoms with E-state index in [2.05, 4.69) is 166 Å². The fourth-order valence-electron chi connectivity index (χ4n) is 8.95. The van der Waals surface area contributed by atoms with E-state index in [9.17, 15) is 0 Å². The van der Waals surface area contributed by atoms with Crippen LogP contribution in [0.3, 0.4) is 0 Å². The van der Waals surface area contributed by atoms with Crippen LogP contribution in [0.25, 0.3) is 98.1 Å². The summed E-state index contributed by atoms with van der Waals surface area (Å²) >= 11 is 0. The van der Waals surface area contributed by atoms with Gasteiger partial charge in [0.05, 0.1) is 5.69 Å². The Labute approximate surface area is 284 Å². The second-order valence-electron chi connectivity index (χ2n) is 14.3. The first-order valence-corrected chi connectivity index (χ1v) is 17.2. The van der Waals surface area contributed by atoms with E-state index in [0.717, 1.165) is 11.3 Å². The third kappa shape index (κ3) is 3.62. The zero-order valence-electron chi connectivity index (χ0n) is 27.4. The van der Waals surface area contributed by atoms with E-state index >= 15 is 0 Å². The molecule has 0 spiro atoms. The Morgan fingerprint density at radius 1 is 0.388 bits per heavy atom. The largest absolute Gasteiger partial charge is 0.255 e. The number of rotatable bonds is 2. The van der Waals surface area contributed by atoms with Gasteiger partial charge in [-0.25, -0.2) is 0 Å². The van der Waals surface area contributed by atoms with E-state index in [0.29, 0.717) is 0 Å². The Balaban J connectivity index is 1.03. The molecule has 1 aliphatic rings. The van der Waals surface area contributed by atoms with Gasteiger partial charge in [-0.15, -0.1) is 0 Å². The van der Waals surface area contributed by atoms with Crippen molar-refractivity contribution in [2.45, 2.75) is 19.3 Å². The Hall–Kier alpha value is -6.05. The van der Waals surface area contributed by atoms with Crippen molar-refractivity contribution in [3.8, 4) is 33.5 Å². The molecule has 228 valence electrons. The highest BCUT2D eigenvalue weighted by atomic mass is 14.7. The number of hydrogen-bond donors (Lipinski definition) is 0. The van der Waals surface area contributed by atoms with Crippen LogP contribution in [0.1, 0.15) is 25.0 Å². The smallest absolute Gasteiger partial charge is 0.0746 e. The minimum absolute atomic E-state index is 0.170. The van der Waals surface area contributed by atoms with Crippen molar-refractivity contribution in [1.29, 1.82) is 0 Å². The molecular formula is C48H31N. The lowest BCUT2D eigenvalue weighted by Gasteiger charge is -2.22. The third-order valence-electron chi connectivity index (χ3n) is 11.4. The number of hydrogen-bond acceptors (Lipinski definition) is 1. The van der Waals surface area contributed by atoms with Crippen LogP contribution in [0, 0.1) is 0 Å². The van der Waals surface area contributed by atoms with Crippen molar-refractivity contribution in [3.63, 3.8) is 0 Å². The van der Waals surface area contributed by atoms with Crippen LogP contribution >= 0.6 is 0 Å². The molecular weight excluding hydrogens is 591 g/mol. The third-order valence-corrected chi connectivity index (χ3v) is 11.4. The fourth-order valence-corrected chi connectivity index (χ4v) is 8.95. The second kappa shape index (κ2) is 9.52. The summed E-state index contributed by atoms with van der Waals surface area (Å²) in [6.07, 6.45) is 2.07. The van der Waals surface area contributed by atoms with Gasteiger partial charge in [0.1, 0.15) is 0 Å². The van der Waals surface area contributed by atoms with Crippen LogP contribution in [0.15, 0.2) is 152 Å². The van der Waals surface area contributed by atoms with Crippen molar-refractivity contribution < 1.29 is 0 Å². The molecule has 1 aromatic heterocycles. The number of nitrogens with zero attached hydrogens (tertiary/aromatic N) is 1. The van der Waals surface area contributed by atoms with Crippen LogP contribution in [0.5, 0.6) is 0 Å². The molecule has 0 aliphatic heterocycles. The Kier molecular flexibility index (Phi) is 5.24. The van der Waals surface area contributed by atoms with E-state index in [1.807, 2.05) is 0 Å². The normalized spacial score (nSPS) is 13.7. The van der Waals surface area contributed by atoms with Gasteiger partial charge in [0, 0.05) is 22.7 Å². The van der Waals surface area contributed by atoms with Gasteiger partial charge in [-0.3, -0.25) is 4.98 Å². The minimum Gasteiger partial charge on any atom is -0.255 e. The summed E-state index contributed by atoms with van der Waals surface area (Å²) in [4.78, 5) is 5.19. The lowest BCUT2D eigenvalue weighted by Crippen LogP contribution is -2.15. The van der Waals surface area contributed by atoms with Crippen molar-refractivity contribution in [2.24, 2.45) is 0 Å². The average Bonchev–Trinajstić information content (AvgIpc) is 3.38. The van der Waals surface area contributed by atoms with Gasteiger partial charge >= 0.3 is 0 Å². The van der Waals surface area contributed by atoms with Crippen LogP contribution in [0.2, 0.25) is 0 Å². The maximum absolute atomic E-state index is 5.19. The summed E-state index contributed by atoms with van der Waals surface area (Å²) in [5.41, 5.74) is 9.67. The van der Waals surface area contributed by atoms with Crippen LogP contribution in [-0.2, 0) is 5.41 Å². The number of benzene rings is 9. The molecule has 11 rings (SSSR count). The van der Waals surface area contributed by atoms with Gasteiger partial charge in [0.15, 0.2) is 0 Å². The highest BCUT2D eigenvalue weighted by Crippen LogP contribution is 2.51. The summed E-state index contributed by atoms with van der Waals surface area (Å²) in [7, 11) is 0. The molecule has 9 aromatic carbocycles. The predicted molar refractivity (Wildman–Crippen MR) is 209 cm³/mol. The van der Waals surface area contributed by atoms with E-state index in [1.54, 1.807) is 0 Å².